The number of nitrogens with one attached hydrogen (secondary N) is 2. The van der Waals surface area contributed by atoms with Gasteiger partial charge in [-0.1, -0.05) is 0 Å². The van der Waals surface area contributed by atoms with Crippen molar-refractivity contribution < 1.29 is 14.0 Å². The Balaban J connectivity index is 2.41. The Kier molecular flexibility index (Phi) is 5.06. The Morgan fingerprint density at radius 1 is 1.41 bits per heavy atom. The lowest BCUT2D eigenvalue weighted by Gasteiger charge is -2.05. The molecule has 0 radical (unpaired) electrons. The van der Waals surface area contributed by atoms with Crippen LogP contribution < -0.4 is 10.6 Å². The molecule has 92 valence electrons. The molecule has 0 saturated carbocycles. The normalized spacial score (nSPS) is 9.76. The van der Waals surface area contributed by atoms with Gasteiger partial charge >= 0.3 is 0 Å². The maximum atomic E-state index is 13.1. The van der Waals surface area contributed by atoms with E-state index in [1.54, 1.807) is 0 Å². The second kappa shape index (κ2) is 6.57. The van der Waals surface area contributed by atoms with Crippen molar-refractivity contribution in [3.05, 3.63) is 29.8 Å². The zero-order chi connectivity index (χ0) is 12.7. The highest BCUT2D eigenvalue weighted by molar-refractivity contribution is 5.94. The van der Waals surface area contributed by atoms with Crippen LogP contribution in [-0.2, 0) is 4.79 Å². The number of amides is 2. The van der Waals surface area contributed by atoms with Crippen molar-refractivity contribution >= 4 is 11.8 Å². The molecule has 0 saturated heterocycles. The number of pyridine rings is 1. The van der Waals surface area contributed by atoms with Gasteiger partial charge in [-0.25, -0.2) is 4.39 Å². The zero-order valence-corrected chi connectivity index (χ0v) is 9.50. The largest absolute Gasteiger partial charge is 0.356 e. The third-order valence-corrected chi connectivity index (χ3v) is 2.03. The Labute approximate surface area is 98.4 Å². The first-order valence-corrected chi connectivity index (χ1v) is 5.29. The van der Waals surface area contributed by atoms with E-state index in [0.29, 0.717) is 6.54 Å². The summed E-state index contributed by atoms with van der Waals surface area (Å²) in [6.45, 7) is 2.53. The second-order valence-electron chi connectivity index (χ2n) is 3.31. The maximum Gasteiger partial charge on any atom is 0.254 e. The first kappa shape index (κ1) is 13.1. The molecule has 0 atom stereocenters. The fourth-order valence-corrected chi connectivity index (χ4v) is 1.23. The highest BCUT2D eigenvalue weighted by Crippen LogP contribution is 2.03. The van der Waals surface area contributed by atoms with E-state index in [4.69, 9.17) is 0 Å². The monoisotopic (exact) mass is 239 g/mol. The van der Waals surface area contributed by atoms with Crippen LogP contribution in [0.1, 0.15) is 23.7 Å². The Morgan fingerprint density at radius 3 is 2.82 bits per heavy atom. The maximum absolute atomic E-state index is 13.1. The molecule has 2 N–H and O–H groups in total. The summed E-state index contributed by atoms with van der Waals surface area (Å²) in [6, 6.07) is 1.29. The standard InChI is InChI=1S/C11H14FN3O2/c1-2-14-10(16)4-6-15-11(17)8-3-5-13-7-9(8)12/h3,5,7H,2,4,6H2,1H3,(H,14,16)(H,15,17). The van der Waals surface area contributed by atoms with E-state index < -0.39 is 11.7 Å². The van der Waals surface area contributed by atoms with Gasteiger partial charge in [-0.05, 0) is 13.0 Å². The molecule has 0 bridgehead atoms. The van der Waals surface area contributed by atoms with Gasteiger partial charge in [0.1, 0.15) is 0 Å². The Hall–Kier alpha value is -1.98. The molecule has 0 aromatic carbocycles. The minimum absolute atomic E-state index is 0.0732. The van der Waals surface area contributed by atoms with Crippen molar-refractivity contribution in [3.63, 3.8) is 0 Å². The van der Waals surface area contributed by atoms with Crippen LogP contribution in [0.5, 0.6) is 0 Å². The van der Waals surface area contributed by atoms with E-state index in [0.717, 1.165) is 6.20 Å². The smallest absolute Gasteiger partial charge is 0.254 e. The van der Waals surface area contributed by atoms with E-state index in [1.807, 2.05) is 6.92 Å². The van der Waals surface area contributed by atoms with E-state index in [2.05, 4.69) is 15.6 Å². The van der Waals surface area contributed by atoms with Gasteiger partial charge in [0.2, 0.25) is 5.91 Å². The summed E-state index contributed by atoms with van der Waals surface area (Å²) in [7, 11) is 0. The fourth-order valence-electron chi connectivity index (χ4n) is 1.23. The first-order valence-electron chi connectivity index (χ1n) is 5.29. The van der Waals surface area contributed by atoms with Crippen LogP contribution in [0, 0.1) is 5.82 Å². The Morgan fingerprint density at radius 2 is 2.18 bits per heavy atom. The average Bonchev–Trinajstić information content (AvgIpc) is 2.29. The molecule has 17 heavy (non-hydrogen) atoms. The van der Waals surface area contributed by atoms with Gasteiger partial charge in [-0.3, -0.25) is 14.6 Å². The van der Waals surface area contributed by atoms with Crippen molar-refractivity contribution in [3.8, 4) is 0 Å². The first-order chi connectivity index (χ1) is 8.15. The van der Waals surface area contributed by atoms with Crippen LogP contribution in [0.25, 0.3) is 0 Å². The topological polar surface area (TPSA) is 71.1 Å². The van der Waals surface area contributed by atoms with Gasteiger partial charge in [-0.15, -0.1) is 0 Å². The van der Waals surface area contributed by atoms with Crippen LogP contribution in [0.2, 0.25) is 0 Å². The average molecular weight is 239 g/mol. The summed E-state index contributed by atoms with van der Waals surface area (Å²) < 4.78 is 13.1. The lowest BCUT2D eigenvalue weighted by atomic mass is 10.2. The third kappa shape index (κ3) is 4.18. The third-order valence-electron chi connectivity index (χ3n) is 2.03. The number of aromatic nitrogens is 1. The molecular formula is C11H14FN3O2. The van der Waals surface area contributed by atoms with Gasteiger partial charge in [-0.2, -0.15) is 0 Å². The summed E-state index contributed by atoms with van der Waals surface area (Å²) in [5.74, 6) is -1.37. The number of rotatable bonds is 5. The molecule has 0 aliphatic heterocycles. The quantitative estimate of drug-likeness (QED) is 0.785. The molecule has 0 unspecified atom stereocenters. The molecule has 6 heteroatoms. The van der Waals surface area contributed by atoms with Crippen LogP contribution in [0.4, 0.5) is 4.39 Å². The number of carbonyl (C=O) groups excluding carboxylic acids is 2. The van der Waals surface area contributed by atoms with E-state index in [-0.39, 0.29) is 24.4 Å². The molecule has 0 aliphatic rings. The van der Waals surface area contributed by atoms with E-state index in [1.165, 1.54) is 12.3 Å². The number of hydrogen-bond acceptors (Lipinski definition) is 3. The lowest BCUT2D eigenvalue weighted by Crippen LogP contribution is -2.31. The van der Waals surface area contributed by atoms with E-state index in [9.17, 15) is 14.0 Å². The van der Waals surface area contributed by atoms with Crippen LogP contribution in [0.15, 0.2) is 18.5 Å². The summed E-state index contributed by atoms with van der Waals surface area (Å²) in [5, 5.41) is 5.06. The molecule has 0 fully saturated rings. The number of hydrogen-bond donors (Lipinski definition) is 2. The van der Waals surface area contributed by atoms with Gasteiger partial charge in [0.25, 0.3) is 5.91 Å². The minimum Gasteiger partial charge on any atom is -0.356 e. The minimum atomic E-state index is -0.678. The molecule has 0 aliphatic carbocycles. The lowest BCUT2D eigenvalue weighted by molar-refractivity contribution is -0.120. The molecule has 1 heterocycles. The highest BCUT2D eigenvalue weighted by Gasteiger charge is 2.10. The van der Waals surface area contributed by atoms with Gasteiger partial charge < -0.3 is 10.6 Å². The molecule has 1 rings (SSSR count). The highest BCUT2D eigenvalue weighted by atomic mass is 19.1. The predicted octanol–water partition coefficient (Wildman–Crippen LogP) is 0.477. The van der Waals surface area contributed by atoms with Gasteiger partial charge in [0, 0.05) is 25.7 Å². The van der Waals surface area contributed by atoms with Crippen molar-refractivity contribution in [1.29, 1.82) is 0 Å². The molecule has 1 aromatic rings. The van der Waals surface area contributed by atoms with Crippen molar-refractivity contribution in [2.75, 3.05) is 13.1 Å². The SMILES string of the molecule is CCNC(=O)CCNC(=O)c1ccncc1F. The van der Waals surface area contributed by atoms with Crippen LogP contribution >= 0.6 is 0 Å². The summed E-state index contributed by atoms with van der Waals surface area (Å²) >= 11 is 0. The number of halogens is 1. The molecule has 5 nitrogen and oxygen atoms in total. The van der Waals surface area contributed by atoms with Crippen molar-refractivity contribution in [2.45, 2.75) is 13.3 Å². The number of nitrogens with zero attached hydrogens (tertiary/aromatic N) is 1. The van der Waals surface area contributed by atoms with Crippen molar-refractivity contribution in [1.82, 2.24) is 15.6 Å². The molecule has 1 aromatic heterocycles. The van der Waals surface area contributed by atoms with Crippen LogP contribution in [-0.4, -0.2) is 29.9 Å². The van der Waals surface area contributed by atoms with E-state index >= 15 is 0 Å². The molecular weight excluding hydrogens is 225 g/mol. The molecule has 0 spiro atoms. The Bertz CT molecular complexity index is 409. The summed E-state index contributed by atoms with van der Waals surface area (Å²) in [4.78, 5) is 26.1. The molecule has 2 amide bonds. The zero-order valence-electron chi connectivity index (χ0n) is 9.50. The fraction of sp³-hybridized carbons (Fsp3) is 0.364. The van der Waals surface area contributed by atoms with Gasteiger partial charge in [0.05, 0.1) is 11.8 Å². The summed E-state index contributed by atoms with van der Waals surface area (Å²) in [5.41, 5.74) is -0.0732. The second-order valence-corrected chi connectivity index (χ2v) is 3.31. The van der Waals surface area contributed by atoms with Crippen LogP contribution in [0.3, 0.4) is 0 Å². The number of carbonyl (C=O) groups is 2. The summed E-state index contributed by atoms with van der Waals surface area (Å²) in [6.07, 6.45) is 2.48. The predicted molar refractivity (Wildman–Crippen MR) is 59.8 cm³/mol. The van der Waals surface area contributed by atoms with Crippen molar-refractivity contribution in [2.24, 2.45) is 0 Å². The van der Waals surface area contributed by atoms with Gasteiger partial charge in [0.15, 0.2) is 5.82 Å².